The highest BCUT2D eigenvalue weighted by atomic mass is 32.2. The smallest absolute Gasteiger partial charge is 0.201 e. The maximum atomic E-state index is 11.8. The lowest BCUT2D eigenvalue weighted by molar-refractivity contribution is 0.354. The lowest BCUT2D eigenvalue weighted by Gasteiger charge is -2.27. The van der Waals surface area contributed by atoms with E-state index in [0.29, 0.717) is 0 Å². The van der Waals surface area contributed by atoms with Crippen LogP contribution in [0.25, 0.3) is 0 Å². The predicted molar refractivity (Wildman–Crippen MR) is 70.4 cm³/mol. The number of nitrogens with one attached hydrogen (secondary N) is 1. The molecule has 1 unspecified atom stereocenters. The van der Waals surface area contributed by atoms with Crippen molar-refractivity contribution in [3.8, 4) is 0 Å². The third kappa shape index (κ3) is 4.44. The molecule has 0 rings (SSSR count). The number of rotatable bonds is 7. The van der Waals surface area contributed by atoms with Crippen LogP contribution in [-0.4, -0.2) is 77.6 Å². The molecule has 0 saturated carbocycles. The zero-order valence-electron chi connectivity index (χ0n) is 11.6. The van der Waals surface area contributed by atoms with Crippen LogP contribution < -0.4 is 4.72 Å². The number of nitrogens with zero attached hydrogens (tertiary/aromatic N) is 3. The van der Waals surface area contributed by atoms with E-state index in [1.807, 2.05) is 0 Å². The first-order chi connectivity index (χ1) is 7.93. The van der Waals surface area contributed by atoms with Gasteiger partial charge in [-0.05, 0) is 6.92 Å². The van der Waals surface area contributed by atoms with Crippen LogP contribution in [0.15, 0.2) is 0 Å². The third-order valence-corrected chi connectivity index (χ3v) is 5.99. The summed E-state index contributed by atoms with van der Waals surface area (Å²) < 4.78 is 52.1. The first-order valence-corrected chi connectivity index (χ1v) is 8.09. The molecular weight excluding hydrogens is 280 g/mol. The summed E-state index contributed by atoms with van der Waals surface area (Å²) in [7, 11) is -0.0528. The molecule has 0 amide bonds. The largest absolute Gasteiger partial charge is 0.281 e. The van der Waals surface area contributed by atoms with E-state index in [0.717, 1.165) is 12.9 Å². The quantitative estimate of drug-likeness (QED) is 0.620. The van der Waals surface area contributed by atoms with Gasteiger partial charge < -0.3 is 0 Å². The zero-order chi connectivity index (χ0) is 14.7. The Kier molecular flexibility index (Phi) is 6.17. The van der Waals surface area contributed by atoms with Gasteiger partial charge in [0, 0.05) is 47.8 Å². The van der Waals surface area contributed by atoms with Crippen LogP contribution >= 0.6 is 0 Å². The van der Waals surface area contributed by atoms with Gasteiger partial charge in [0.15, 0.2) is 0 Å². The Hall–Kier alpha value is -0.260. The number of hydrogen-bond donors (Lipinski definition) is 1. The third-order valence-electron chi connectivity index (χ3n) is 2.49. The topological polar surface area (TPSA) is 90.0 Å². The Morgan fingerprint density at radius 3 is 1.72 bits per heavy atom. The van der Waals surface area contributed by atoms with Crippen molar-refractivity contribution < 1.29 is 16.8 Å². The molecule has 0 spiro atoms. The summed E-state index contributed by atoms with van der Waals surface area (Å²) in [5.41, 5.74) is 0. The molecule has 8 nitrogen and oxygen atoms in total. The lowest BCUT2D eigenvalue weighted by Crippen LogP contribution is -2.48. The van der Waals surface area contributed by atoms with Gasteiger partial charge >= 0.3 is 0 Å². The molecule has 0 saturated heterocycles. The molecule has 0 aromatic carbocycles. The van der Waals surface area contributed by atoms with Crippen LogP contribution in [0.4, 0.5) is 0 Å². The Balaban J connectivity index is 4.68. The first kappa shape index (κ1) is 17.7. The Morgan fingerprint density at radius 2 is 1.39 bits per heavy atom. The molecule has 0 bridgehead atoms. The summed E-state index contributed by atoms with van der Waals surface area (Å²) in [6.45, 7) is 1.63. The predicted octanol–water partition coefficient (Wildman–Crippen LogP) is -1.49. The fourth-order valence-electron chi connectivity index (χ4n) is 0.969. The second-order valence-electron chi connectivity index (χ2n) is 4.29. The fraction of sp³-hybridized carbons (Fsp3) is 1.00. The molecule has 1 N–H and O–H groups in total. The van der Waals surface area contributed by atoms with Gasteiger partial charge in [-0.15, -0.1) is 0 Å². The Morgan fingerprint density at radius 1 is 0.944 bits per heavy atom. The van der Waals surface area contributed by atoms with Gasteiger partial charge in [-0.3, -0.25) is 0 Å². The van der Waals surface area contributed by atoms with Crippen molar-refractivity contribution in [2.75, 3.05) is 41.8 Å². The monoisotopic (exact) mass is 302 g/mol. The average molecular weight is 302 g/mol. The minimum absolute atomic E-state index is 0.00405. The van der Waals surface area contributed by atoms with Crippen molar-refractivity contribution in [1.82, 2.24) is 17.6 Å². The van der Waals surface area contributed by atoms with Crippen LogP contribution in [0.2, 0.25) is 0 Å². The van der Waals surface area contributed by atoms with Crippen molar-refractivity contribution >= 4 is 20.4 Å². The van der Waals surface area contributed by atoms with E-state index in [1.165, 1.54) is 35.2 Å². The molecule has 0 fully saturated rings. The summed E-state index contributed by atoms with van der Waals surface area (Å²) >= 11 is 0. The van der Waals surface area contributed by atoms with E-state index < -0.39 is 26.5 Å². The average Bonchev–Trinajstić information content (AvgIpc) is 2.24. The highest BCUT2D eigenvalue weighted by molar-refractivity contribution is 7.87. The van der Waals surface area contributed by atoms with Crippen LogP contribution in [0.5, 0.6) is 0 Å². The Labute approximate surface area is 110 Å². The van der Waals surface area contributed by atoms with Gasteiger partial charge in [-0.1, -0.05) is 0 Å². The second kappa shape index (κ2) is 6.26. The molecule has 0 radical (unpaired) electrons. The van der Waals surface area contributed by atoms with Gasteiger partial charge in [0.05, 0.1) is 0 Å². The second-order valence-corrected chi connectivity index (χ2v) is 8.46. The minimum atomic E-state index is -3.55. The minimum Gasteiger partial charge on any atom is -0.201 e. The van der Waals surface area contributed by atoms with E-state index in [2.05, 4.69) is 4.72 Å². The zero-order valence-corrected chi connectivity index (χ0v) is 13.2. The van der Waals surface area contributed by atoms with Gasteiger partial charge in [0.1, 0.15) is 0 Å². The number of likely N-dealkylation sites (N-methyl/N-ethyl adjacent to an activating group) is 1. The number of hydrogen-bond acceptors (Lipinski definition) is 4. The molecule has 0 heterocycles. The Bertz CT molecular complexity index is 457. The van der Waals surface area contributed by atoms with Crippen LogP contribution in [0, 0.1) is 0 Å². The molecule has 1 atom stereocenters. The molecule has 0 aliphatic rings. The van der Waals surface area contributed by atoms with Crippen molar-refractivity contribution in [3.05, 3.63) is 0 Å². The normalized spacial score (nSPS) is 15.6. The van der Waals surface area contributed by atoms with Gasteiger partial charge in [-0.2, -0.15) is 29.8 Å². The lowest BCUT2D eigenvalue weighted by atomic mass is 10.4. The molecule has 110 valence electrons. The van der Waals surface area contributed by atoms with Gasteiger partial charge in [-0.25, -0.2) is 4.72 Å². The molecule has 18 heavy (non-hydrogen) atoms. The molecule has 0 aliphatic heterocycles. The van der Waals surface area contributed by atoms with Crippen LogP contribution in [-0.2, 0) is 20.4 Å². The first-order valence-electron chi connectivity index (χ1n) is 5.25. The maximum Gasteiger partial charge on any atom is 0.281 e. The summed E-state index contributed by atoms with van der Waals surface area (Å²) in [5, 5.41) is 0. The van der Waals surface area contributed by atoms with E-state index in [-0.39, 0.29) is 6.54 Å². The summed E-state index contributed by atoms with van der Waals surface area (Å²) in [5.74, 6) is 0. The molecule has 0 aliphatic carbocycles. The highest BCUT2D eigenvalue weighted by Gasteiger charge is 2.26. The summed E-state index contributed by atoms with van der Waals surface area (Å²) in [6, 6.07) is -0.493. The SMILES string of the molecule is CC(CNS(=O)(=O)N(C)C)N(C)S(=O)(=O)N(C)C. The molecular formula is C8H22N4O4S2. The van der Waals surface area contributed by atoms with Gasteiger partial charge in [0.25, 0.3) is 20.4 Å². The molecule has 0 aromatic rings. The van der Waals surface area contributed by atoms with E-state index in [4.69, 9.17) is 0 Å². The highest BCUT2D eigenvalue weighted by Crippen LogP contribution is 2.06. The van der Waals surface area contributed by atoms with Crippen molar-refractivity contribution in [2.45, 2.75) is 13.0 Å². The van der Waals surface area contributed by atoms with Gasteiger partial charge in [0.2, 0.25) is 0 Å². The van der Waals surface area contributed by atoms with Crippen LogP contribution in [0.1, 0.15) is 6.92 Å². The summed E-state index contributed by atoms with van der Waals surface area (Å²) in [6.07, 6.45) is 0. The standard InChI is InChI=1S/C8H22N4O4S2/c1-8(7-9-17(13,14)10(2)3)12(6)18(15,16)11(4)5/h8-9H,7H2,1-6H3. The van der Waals surface area contributed by atoms with Crippen molar-refractivity contribution in [2.24, 2.45) is 0 Å². The molecule has 10 heteroatoms. The van der Waals surface area contributed by atoms with Crippen LogP contribution in [0.3, 0.4) is 0 Å². The maximum absolute atomic E-state index is 11.8. The van der Waals surface area contributed by atoms with Crippen molar-refractivity contribution in [3.63, 3.8) is 0 Å². The van der Waals surface area contributed by atoms with E-state index in [1.54, 1.807) is 6.92 Å². The van der Waals surface area contributed by atoms with E-state index in [9.17, 15) is 16.8 Å². The summed E-state index contributed by atoms with van der Waals surface area (Å²) in [4.78, 5) is 0. The van der Waals surface area contributed by atoms with E-state index >= 15 is 0 Å². The van der Waals surface area contributed by atoms with Crippen molar-refractivity contribution in [1.29, 1.82) is 0 Å². The molecule has 0 aromatic heterocycles. The fourth-order valence-corrected chi connectivity index (χ4v) is 2.72.